The van der Waals surface area contributed by atoms with E-state index in [2.05, 4.69) is 20.7 Å². The molecule has 0 spiro atoms. The van der Waals surface area contributed by atoms with Gasteiger partial charge in [0.25, 0.3) is 0 Å². The minimum absolute atomic E-state index is 0.270. The first-order valence-corrected chi connectivity index (χ1v) is 8.79. The van der Waals surface area contributed by atoms with E-state index in [1.54, 1.807) is 35.6 Å². The van der Waals surface area contributed by atoms with Crippen LogP contribution in [0.3, 0.4) is 0 Å². The molecular weight excluding hydrogens is 346 g/mol. The third kappa shape index (κ3) is 3.66. The highest BCUT2D eigenvalue weighted by atomic mass is 79.9. The Balaban J connectivity index is 2.14. The van der Waals surface area contributed by atoms with Gasteiger partial charge in [0, 0.05) is 20.8 Å². The van der Waals surface area contributed by atoms with E-state index in [1.165, 1.54) is 10.4 Å². The van der Waals surface area contributed by atoms with Gasteiger partial charge in [-0.1, -0.05) is 22.0 Å². The van der Waals surface area contributed by atoms with Crippen molar-refractivity contribution in [3.8, 4) is 0 Å². The molecular formula is C13H14BrNO2S2. The molecule has 0 amide bonds. The van der Waals surface area contributed by atoms with Crippen LogP contribution in [-0.2, 0) is 16.6 Å². The number of sulfonamides is 1. The third-order valence-corrected chi connectivity index (χ3v) is 5.80. The van der Waals surface area contributed by atoms with Crippen molar-refractivity contribution in [3.05, 3.63) is 50.1 Å². The smallest absolute Gasteiger partial charge is 0.207 e. The number of nitrogens with one attached hydrogen (secondary N) is 1. The largest absolute Gasteiger partial charge is 0.240 e. The van der Waals surface area contributed by atoms with E-state index in [9.17, 15) is 8.42 Å². The van der Waals surface area contributed by atoms with Crippen LogP contribution in [0.15, 0.2) is 39.7 Å². The zero-order valence-corrected chi connectivity index (χ0v) is 13.8. The summed E-state index contributed by atoms with van der Waals surface area (Å²) in [6.07, 6.45) is 0. The first kappa shape index (κ1) is 14.7. The van der Waals surface area contributed by atoms with E-state index < -0.39 is 10.0 Å². The number of benzene rings is 1. The van der Waals surface area contributed by atoms with Crippen molar-refractivity contribution >= 4 is 37.3 Å². The van der Waals surface area contributed by atoms with Crippen molar-refractivity contribution in [2.75, 3.05) is 0 Å². The summed E-state index contributed by atoms with van der Waals surface area (Å²) in [5.74, 6) is 0. The Labute approximate surface area is 125 Å². The Hall–Kier alpha value is -0.690. The fourth-order valence-electron chi connectivity index (χ4n) is 1.62. The summed E-state index contributed by atoms with van der Waals surface area (Å²) < 4.78 is 27.6. The first-order valence-electron chi connectivity index (χ1n) is 5.69. The van der Waals surface area contributed by atoms with E-state index in [0.717, 1.165) is 9.35 Å². The van der Waals surface area contributed by atoms with Crippen molar-refractivity contribution < 1.29 is 8.42 Å². The maximum atomic E-state index is 12.1. The van der Waals surface area contributed by atoms with Gasteiger partial charge in [0.2, 0.25) is 10.0 Å². The molecule has 102 valence electrons. The molecule has 0 fully saturated rings. The summed E-state index contributed by atoms with van der Waals surface area (Å²) in [6, 6.07) is 8.69. The second-order valence-corrected chi connectivity index (χ2v) is 8.26. The Morgan fingerprint density at radius 3 is 2.58 bits per heavy atom. The summed E-state index contributed by atoms with van der Waals surface area (Å²) in [6.45, 7) is 4.39. The summed E-state index contributed by atoms with van der Waals surface area (Å²) in [7, 11) is -3.46. The fourth-order valence-corrected chi connectivity index (χ4v) is 4.31. The van der Waals surface area contributed by atoms with Crippen LogP contribution in [0.5, 0.6) is 0 Å². The zero-order chi connectivity index (χ0) is 14.0. The third-order valence-electron chi connectivity index (χ3n) is 2.76. The lowest BCUT2D eigenvalue weighted by atomic mass is 10.3. The number of hydrogen-bond donors (Lipinski definition) is 1. The summed E-state index contributed by atoms with van der Waals surface area (Å²) in [5, 5.41) is 0. The lowest BCUT2D eigenvalue weighted by molar-refractivity contribution is 0.581. The van der Waals surface area contributed by atoms with Crippen LogP contribution in [-0.4, -0.2) is 8.42 Å². The standard InChI is InChI=1S/C13H14BrNO2S2/c1-9-6-12(18-10(9)2)8-15-19(16,17)13-5-3-4-11(14)7-13/h3-7,15H,8H2,1-2H3. The van der Waals surface area contributed by atoms with Crippen LogP contribution in [0, 0.1) is 13.8 Å². The van der Waals surface area contributed by atoms with Gasteiger partial charge in [-0.15, -0.1) is 11.3 Å². The van der Waals surface area contributed by atoms with E-state index in [-0.39, 0.29) is 4.90 Å². The molecule has 1 heterocycles. The van der Waals surface area contributed by atoms with Gasteiger partial charge in [0.15, 0.2) is 0 Å². The molecule has 1 aromatic heterocycles. The molecule has 0 saturated heterocycles. The Morgan fingerprint density at radius 1 is 1.26 bits per heavy atom. The van der Waals surface area contributed by atoms with E-state index in [1.807, 2.05) is 19.9 Å². The second-order valence-electron chi connectivity index (χ2n) is 4.23. The van der Waals surface area contributed by atoms with Gasteiger partial charge in [0.05, 0.1) is 4.90 Å². The average molecular weight is 360 g/mol. The topological polar surface area (TPSA) is 46.2 Å². The Kier molecular flexibility index (Phi) is 4.45. The van der Waals surface area contributed by atoms with E-state index >= 15 is 0 Å². The highest BCUT2D eigenvalue weighted by Crippen LogP contribution is 2.21. The minimum Gasteiger partial charge on any atom is -0.207 e. The van der Waals surface area contributed by atoms with Gasteiger partial charge in [-0.2, -0.15) is 0 Å². The summed E-state index contributed by atoms with van der Waals surface area (Å²) in [5.41, 5.74) is 1.20. The van der Waals surface area contributed by atoms with Gasteiger partial charge in [0.1, 0.15) is 0 Å². The Bertz CT molecular complexity index is 673. The monoisotopic (exact) mass is 359 g/mol. The molecule has 0 aliphatic rings. The van der Waals surface area contributed by atoms with Crippen LogP contribution in [0.25, 0.3) is 0 Å². The summed E-state index contributed by atoms with van der Waals surface area (Å²) in [4.78, 5) is 2.51. The second kappa shape index (κ2) is 5.75. The number of aryl methyl sites for hydroxylation is 2. The molecule has 0 radical (unpaired) electrons. The highest BCUT2D eigenvalue weighted by Gasteiger charge is 2.14. The number of hydrogen-bond acceptors (Lipinski definition) is 3. The fraction of sp³-hybridized carbons (Fsp3) is 0.231. The van der Waals surface area contributed by atoms with Gasteiger partial charge in [-0.05, 0) is 43.7 Å². The van der Waals surface area contributed by atoms with Crippen molar-refractivity contribution in [3.63, 3.8) is 0 Å². The molecule has 6 heteroatoms. The Morgan fingerprint density at radius 2 is 2.00 bits per heavy atom. The maximum absolute atomic E-state index is 12.1. The molecule has 2 rings (SSSR count). The van der Waals surface area contributed by atoms with Crippen molar-refractivity contribution in [1.29, 1.82) is 0 Å². The molecule has 19 heavy (non-hydrogen) atoms. The quantitative estimate of drug-likeness (QED) is 0.906. The number of halogens is 1. The lowest BCUT2D eigenvalue weighted by Gasteiger charge is -2.05. The van der Waals surface area contributed by atoms with Crippen molar-refractivity contribution in [2.24, 2.45) is 0 Å². The molecule has 0 bridgehead atoms. The van der Waals surface area contributed by atoms with Crippen LogP contribution >= 0.6 is 27.3 Å². The van der Waals surface area contributed by atoms with Crippen molar-refractivity contribution in [2.45, 2.75) is 25.3 Å². The van der Waals surface area contributed by atoms with Crippen LogP contribution < -0.4 is 4.72 Å². The van der Waals surface area contributed by atoms with Gasteiger partial charge < -0.3 is 0 Å². The predicted octanol–water partition coefficient (Wildman–Crippen LogP) is 3.61. The highest BCUT2D eigenvalue weighted by molar-refractivity contribution is 9.10. The molecule has 0 saturated carbocycles. The van der Waals surface area contributed by atoms with Crippen molar-refractivity contribution in [1.82, 2.24) is 4.72 Å². The first-order chi connectivity index (χ1) is 8.88. The molecule has 0 aliphatic carbocycles. The summed E-state index contributed by atoms with van der Waals surface area (Å²) >= 11 is 4.89. The number of thiophene rings is 1. The van der Waals surface area contributed by atoms with Crippen LogP contribution in [0.2, 0.25) is 0 Å². The van der Waals surface area contributed by atoms with Gasteiger partial charge >= 0.3 is 0 Å². The van der Waals surface area contributed by atoms with Crippen LogP contribution in [0.4, 0.5) is 0 Å². The van der Waals surface area contributed by atoms with E-state index in [0.29, 0.717) is 6.54 Å². The molecule has 2 aromatic rings. The molecule has 0 unspecified atom stereocenters. The van der Waals surface area contributed by atoms with Crippen LogP contribution in [0.1, 0.15) is 15.3 Å². The molecule has 3 nitrogen and oxygen atoms in total. The van der Waals surface area contributed by atoms with E-state index in [4.69, 9.17) is 0 Å². The molecule has 1 N–H and O–H groups in total. The minimum atomic E-state index is -3.46. The molecule has 1 aromatic carbocycles. The normalized spacial score (nSPS) is 11.7. The maximum Gasteiger partial charge on any atom is 0.240 e. The SMILES string of the molecule is Cc1cc(CNS(=O)(=O)c2cccc(Br)c2)sc1C. The number of rotatable bonds is 4. The zero-order valence-electron chi connectivity index (χ0n) is 10.6. The molecule has 0 aliphatic heterocycles. The van der Waals surface area contributed by atoms with Gasteiger partial charge in [-0.25, -0.2) is 13.1 Å². The molecule has 0 atom stereocenters. The van der Waals surface area contributed by atoms with Gasteiger partial charge in [-0.3, -0.25) is 0 Å². The predicted molar refractivity (Wildman–Crippen MR) is 82.0 cm³/mol. The average Bonchev–Trinajstić information content (AvgIpc) is 2.67. The lowest BCUT2D eigenvalue weighted by Crippen LogP contribution is -2.22.